The van der Waals surface area contributed by atoms with Gasteiger partial charge in [-0.15, -0.1) is 11.8 Å². The zero-order chi connectivity index (χ0) is 32.5. The first kappa shape index (κ1) is 32.7. The van der Waals surface area contributed by atoms with Crippen molar-refractivity contribution in [1.29, 1.82) is 0 Å². The Morgan fingerprint density at radius 3 is 2.07 bits per heavy atom. The quantitative estimate of drug-likeness (QED) is 0.162. The Morgan fingerprint density at radius 2 is 1.53 bits per heavy atom. The number of carboxylic acid groups (broad SMARTS) is 1. The third-order valence-electron chi connectivity index (χ3n) is 6.92. The number of aryl methyl sites for hydroxylation is 1. The van der Waals surface area contributed by atoms with Crippen molar-refractivity contribution in [1.82, 2.24) is 15.3 Å². The second kappa shape index (κ2) is 15.0. The fourth-order valence-electron chi connectivity index (χ4n) is 4.93. The highest BCUT2D eigenvalue weighted by atomic mass is 32.2. The molecule has 0 spiro atoms. The normalized spacial score (nSPS) is 13.0. The number of thioether (sulfide) groups is 1. The van der Waals surface area contributed by atoms with Crippen LogP contribution in [0.5, 0.6) is 17.2 Å². The average molecular weight is 630 g/mol. The van der Waals surface area contributed by atoms with Gasteiger partial charge >= 0.3 is 11.9 Å². The summed E-state index contributed by atoms with van der Waals surface area (Å²) in [6.07, 6.45) is 8.82. The number of aromatic nitrogens is 2. The van der Waals surface area contributed by atoms with E-state index in [-0.39, 0.29) is 28.4 Å². The van der Waals surface area contributed by atoms with Gasteiger partial charge in [0.05, 0.1) is 36.3 Å². The van der Waals surface area contributed by atoms with Crippen molar-refractivity contribution >= 4 is 29.6 Å². The molecule has 2 aromatic heterocycles. The van der Waals surface area contributed by atoms with E-state index in [0.29, 0.717) is 34.6 Å². The predicted octanol–water partition coefficient (Wildman–Crippen LogP) is 4.97. The summed E-state index contributed by atoms with van der Waals surface area (Å²) in [5.74, 6) is -0.836. The lowest BCUT2D eigenvalue weighted by Gasteiger charge is -2.20. The standard InChI is InChI=1S/C27H26N2O6S.C6H5NO2/c1-15(30)29-20-7-5-17-13-22(35-27(32)16-9-11-28-12-10-16)25(33-2)26(34-3)24(17)18-6-8-23(36-4)21(31)14-19(18)20;8-6(9)5-1-3-7-4-2-5/h6,8-14,20H,5,7H2,1-4H3,(H,29,30);1-4H,(H,8,9)/t20-;/m0./s1. The van der Waals surface area contributed by atoms with Gasteiger partial charge in [0.2, 0.25) is 11.7 Å². The number of benzene rings is 1. The molecule has 4 aromatic rings. The van der Waals surface area contributed by atoms with Crippen molar-refractivity contribution < 1.29 is 33.7 Å². The average Bonchev–Trinajstić information content (AvgIpc) is 3.29. The van der Waals surface area contributed by atoms with Crippen LogP contribution in [0.4, 0.5) is 0 Å². The maximum absolute atomic E-state index is 12.9. The fourth-order valence-corrected chi connectivity index (χ4v) is 5.39. The summed E-state index contributed by atoms with van der Waals surface area (Å²) in [5.41, 5.74) is 3.47. The summed E-state index contributed by atoms with van der Waals surface area (Å²) >= 11 is 1.36. The Morgan fingerprint density at radius 1 is 0.911 bits per heavy atom. The summed E-state index contributed by atoms with van der Waals surface area (Å²) in [7, 11) is 2.98. The molecule has 1 amide bonds. The highest BCUT2D eigenvalue weighted by Crippen LogP contribution is 2.50. The molecule has 232 valence electrons. The number of carbonyl (C=O) groups is 3. The number of fused-ring (bicyclic) bond motifs is 3. The largest absolute Gasteiger partial charge is 0.492 e. The van der Waals surface area contributed by atoms with E-state index in [1.165, 1.54) is 69.8 Å². The summed E-state index contributed by atoms with van der Waals surface area (Å²) in [5, 5.41) is 11.3. The third-order valence-corrected chi connectivity index (χ3v) is 7.70. The number of rotatable bonds is 7. The van der Waals surface area contributed by atoms with Crippen LogP contribution in [0.25, 0.3) is 11.1 Å². The van der Waals surface area contributed by atoms with Crippen molar-refractivity contribution in [3.05, 3.63) is 106 Å². The minimum atomic E-state index is -0.919. The van der Waals surface area contributed by atoms with Gasteiger partial charge in [-0.3, -0.25) is 19.6 Å². The number of esters is 1. The Kier molecular flexibility index (Phi) is 10.9. The number of carboxylic acids is 1. The highest BCUT2D eigenvalue weighted by molar-refractivity contribution is 7.98. The van der Waals surface area contributed by atoms with Gasteiger partial charge in [0.1, 0.15) is 0 Å². The lowest BCUT2D eigenvalue weighted by Crippen LogP contribution is -2.26. The van der Waals surface area contributed by atoms with Crippen molar-refractivity contribution in [3.8, 4) is 28.4 Å². The monoisotopic (exact) mass is 629 g/mol. The smallest absolute Gasteiger partial charge is 0.343 e. The van der Waals surface area contributed by atoms with Crippen LogP contribution in [0.1, 0.15) is 51.2 Å². The summed E-state index contributed by atoms with van der Waals surface area (Å²) in [4.78, 5) is 56.1. The summed E-state index contributed by atoms with van der Waals surface area (Å²) in [6.45, 7) is 1.45. The SMILES string of the molecule is COc1c(OC(=O)c2ccncc2)cc2c(c1OC)-c1ccc(SC)c(=O)cc1[C@@H](NC(C)=O)CC2.O=C(O)c1ccncc1. The van der Waals surface area contributed by atoms with E-state index in [9.17, 15) is 19.2 Å². The molecule has 0 fully saturated rings. The van der Waals surface area contributed by atoms with E-state index in [1.807, 2.05) is 12.3 Å². The number of amides is 1. The van der Waals surface area contributed by atoms with E-state index in [1.54, 1.807) is 30.3 Å². The zero-order valence-corrected chi connectivity index (χ0v) is 25.8. The predicted molar refractivity (Wildman–Crippen MR) is 168 cm³/mol. The Hall–Kier alpha value is -5.23. The molecular formula is C33H31N3O8S. The number of ether oxygens (including phenoxy) is 3. The molecule has 5 rings (SSSR count). The topological polar surface area (TPSA) is 154 Å². The number of aromatic carboxylic acids is 1. The lowest BCUT2D eigenvalue weighted by molar-refractivity contribution is -0.119. The Labute approximate surface area is 263 Å². The first-order valence-electron chi connectivity index (χ1n) is 13.7. The molecule has 2 aromatic carbocycles. The molecule has 0 saturated heterocycles. The third kappa shape index (κ3) is 7.65. The molecule has 45 heavy (non-hydrogen) atoms. The van der Waals surface area contributed by atoms with Crippen LogP contribution >= 0.6 is 11.8 Å². The molecule has 0 aliphatic heterocycles. The van der Waals surface area contributed by atoms with Gasteiger partial charge in [-0.05, 0) is 78.3 Å². The number of nitrogens with one attached hydrogen (secondary N) is 1. The second-order valence-corrected chi connectivity index (χ2v) is 10.6. The Bertz CT molecular complexity index is 1770. The maximum atomic E-state index is 12.9. The van der Waals surface area contributed by atoms with Crippen molar-refractivity contribution in [2.75, 3.05) is 20.5 Å². The van der Waals surface area contributed by atoms with Crippen molar-refractivity contribution in [3.63, 3.8) is 0 Å². The summed E-state index contributed by atoms with van der Waals surface area (Å²) < 4.78 is 17.2. The van der Waals surface area contributed by atoms with Gasteiger partial charge in [0, 0.05) is 37.3 Å². The number of nitrogens with zero attached hydrogens (tertiary/aromatic N) is 2. The van der Waals surface area contributed by atoms with Gasteiger partial charge in [0.15, 0.2) is 16.9 Å². The highest BCUT2D eigenvalue weighted by Gasteiger charge is 2.30. The molecule has 1 aliphatic carbocycles. The van der Waals surface area contributed by atoms with Crippen LogP contribution in [0.15, 0.2) is 83.0 Å². The fraction of sp³-hybridized carbons (Fsp3) is 0.212. The van der Waals surface area contributed by atoms with E-state index >= 15 is 0 Å². The number of hydrogen-bond donors (Lipinski definition) is 2. The zero-order valence-electron chi connectivity index (χ0n) is 25.0. The van der Waals surface area contributed by atoms with E-state index in [4.69, 9.17) is 19.3 Å². The van der Waals surface area contributed by atoms with Crippen molar-refractivity contribution in [2.24, 2.45) is 0 Å². The van der Waals surface area contributed by atoms with Crippen molar-refractivity contribution in [2.45, 2.75) is 30.7 Å². The maximum Gasteiger partial charge on any atom is 0.343 e. The van der Waals surface area contributed by atoms with Crippen LogP contribution < -0.4 is 25.0 Å². The second-order valence-electron chi connectivity index (χ2n) is 9.71. The van der Waals surface area contributed by atoms with Crippen LogP contribution in [0.2, 0.25) is 0 Å². The first-order chi connectivity index (χ1) is 21.7. The molecule has 0 bridgehead atoms. The van der Waals surface area contributed by atoms with Gasteiger partial charge in [0.25, 0.3) is 0 Å². The van der Waals surface area contributed by atoms with Crippen LogP contribution in [-0.2, 0) is 11.2 Å². The van der Waals surface area contributed by atoms with E-state index < -0.39 is 18.0 Å². The lowest BCUT2D eigenvalue weighted by atomic mass is 9.95. The molecule has 2 N–H and O–H groups in total. The van der Waals surface area contributed by atoms with Crippen LogP contribution in [-0.4, -0.2) is 53.4 Å². The molecule has 0 radical (unpaired) electrons. The Balaban J connectivity index is 0.000000440. The molecule has 2 heterocycles. The molecule has 1 atom stereocenters. The first-order valence-corrected chi connectivity index (χ1v) is 14.9. The number of pyridine rings is 2. The molecule has 0 unspecified atom stereocenters. The van der Waals surface area contributed by atoms with Gasteiger partial charge in [-0.1, -0.05) is 6.07 Å². The van der Waals surface area contributed by atoms with Gasteiger partial charge in [-0.2, -0.15) is 0 Å². The molecule has 0 saturated carbocycles. The van der Waals surface area contributed by atoms with E-state index in [0.717, 1.165) is 16.7 Å². The number of hydrogen-bond acceptors (Lipinski definition) is 10. The minimum absolute atomic E-state index is 0.128. The molecule has 12 heteroatoms. The number of carbonyl (C=O) groups excluding carboxylic acids is 2. The van der Waals surface area contributed by atoms with Gasteiger partial charge < -0.3 is 24.6 Å². The van der Waals surface area contributed by atoms with Crippen LogP contribution in [0.3, 0.4) is 0 Å². The van der Waals surface area contributed by atoms with Crippen LogP contribution in [0, 0.1) is 0 Å². The van der Waals surface area contributed by atoms with E-state index in [2.05, 4.69) is 15.3 Å². The number of methoxy groups -OCH3 is 2. The summed E-state index contributed by atoms with van der Waals surface area (Å²) in [6, 6.07) is 12.6. The molecule has 11 nitrogen and oxygen atoms in total. The van der Waals surface area contributed by atoms with Gasteiger partial charge in [-0.25, -0.2) is 9.59 Å². The minimum Gasteiger partial charge on any atom is -0.492 e. The molecule has 1 aliphatic rings. The molecular weight excluding hydrogens is 598 g/mol.